The molecule has 0 radical (unpaired) electrons. The highest BCUT2D eigenvalue weighted by Gasteiger charge is 2.11. The molecule has 0 atom stereocenters. The molecule has 0 bridgehead atoms. The molecule has 1 saturated heterocycles. The second kappa shape index (κ2) is 4.68. The van der Waals surface area contributed by atoms with Gasteiger partial charge in [0.05, 0.1) is 18.9 Å². The first-order valence-corrected chi connectivity index (χ1v) is 5.35. The van der Waals surface area contributed by atoms with Gasteiger partial charge in [0, 0.05) is 25.3 Å². The van der Waals surface area contributed by atoms with Crippen LogP contribution in [0.15, 0.2) is 6.07 Å². The van der Waals surface area contributed by atoms with E-state index in [0.717, 1.165) is 50.1 Å². The molecule has 1 aromatic heterocycles. The number of aromatic nitrogens is 2. The summed E-state index contributed by atoms with van der Waals surface area (Å²) in [7, 11) is 0. The van der Waals surface area contributed by atoms with Crippen molar-refractivity contribution in [2.24, 2.45) is 0 Å². The van der Waals surface area contributed by atoms with Gasteiger partial charge in [-0.1, -0.05) is 0 Å². The van der Waals surface area contributed by atoms with Gasteiger partial charge in [0.2, 0.25) is 0 Å². The van der Waals surface area contributed by atoms with Crippen molar-refractivity contribution in [2.75, 3.05) is 26.3 Å². The summed E-state index contributed by atoms with van der Waals surface area (Å²) in [5.41, 5.74) is 2.16. The van der Waals surface area contributed by atoms with Crippen LogP contribution in [0.25, 0.3) is 0 Å². The van der Waals surface area contributed by atoms with Gasteiger partial charge >= 0.3 is 0 Å². The molecule has 4 heteroatoms. The van der Waals surface area contributed by atoms with E-state index in [2.05, 4.69) is 20.9 Å². The van der Waals surface area contributed by atoms with E-state index in [-0.39, 0.29) is 0 Å². The zero-order chi connectivity index (χ0) is 10.7. The third-order valence-corrected chi connectivity index (χ3v) is 2.51. The molecule has 0 spiro atoms. The number of hydrogen-bond acceptors (Lipinski definition) is 4. The first kappa shape index (κ1) is 10.5. The summed E-state index contributed by atoms with van der Waals surface area (Å²) >= 11 is 0. The number of nitrogens with zero attached hydrogens (tertiary/aromatic N) is 3. The van der Waals surface area contributed by atoms with Crippen LogP contribution in [0.2, 0.25) is 0 Å². The molecule has 2 rings (SSSR count). The predicted octanol–water partition coefficient (Wildman–Crippen LogP) is 0.926. The highest BCUT2D eigenvalue weighted by atomic mass is 16.5. The maximum atomic E-state index is 5.31. The van der Waals surface area contributed by atoms with Gasteiger partial charge in [-0.3, -0.25) is 4.90 Å². The van der Waals surface area contributed by atoms with Gasteiger partial charge in [-0.2, -0.15) is 0 Å². The topological polar surface area (TPSA) is 38.2 Å². The lowest BCUT2D eigenvalue weighted by Crippen LogP contribution is -2.35. The number of morpholine rings is 1. The summed E-state index contributed by atoms with van der Waals surface area (Å²) in [5.74, 6) is 0.859. The molecule has 15 heavy (non-hydrogen) atoms. The molecule has 0 aliphatic carbocycles. The van der Waals surface area contributed by atoms with Gasteiger partial charge in [0.1, 0.15) is 5.82 Å². The van der Waals surface area contributed by atoms with Gasteiger partial charge in [-0.25, -0.2) is 9.97 Å². The van der Waals surface area contributed by atoms with Gasteiger partial charge in [-0.15, -0.1) is 0 Å². The standard InChI is InChI=1S/C11H17N3O/c1-9-7-11(13-10(2)12-9)8-14-3-5-15-6-4-14/h7H,3-6,8H2,1-2H3. The summed E-state index contributed by atoms with van der Waals surface area (Å²) in [5, 5.41) is 0. The number of hydrogen-bond donors (Lipinski definition) is 0. The largest absolute Gasteiger partial charge is 0.379 e. The van der Waals surface area contributed by atoms with E-state index >= 15 is 0 Å². The van der Waals surface area contributed by atoms with Gasteiger partial charge < -0.3 is 4.74 Å². The normalized spacial score (nSPS) is 18.0. The fraction of sp³-hybridized carbons (Fsp3) is 0.636. The maximum absolute atomic E-state index is 5.31. The quantitative estimate of drug-likeness (QED) is 0.723. The number of rotatable bonds is 2. The van der Waals surface area contributed by atoms with Crippen molar-refractivity contribution in [3.05, 3.63) is 23.3 Å². The van der Waals surface area contributed by atoms with Gasteiger partial charge in [0.15, 0.2) is 0 Å². The SMILES string of the molecule is Cc1cc(CN2CCOCC2)nc(C)n1. The third-order valence-electron chi connectivity index (χ3n) is 2.51. The summed E-state index contributed by atoms with van der Waals surface area (Å²) < 4.78 is 5.31. The summed E-state index contributed by atoms with van der Waals surface area (Å²) in [6.07, 6.45) is 0. The van der Waals surface area contributed by atoms with E-state index < -0.39 is 0 Å². The molecule has 2 heterocycles. The van der Waals surface area contributed by atoms with Gasteiger partial charge in [0.25, 0.3) is 0 Å². The highest BCUT2D eigenvalue weighted by molar-refractivity contribution is 5.09. The van der Waals surface area contributed by atoms with Crippen LogP contribution in [-0.2, 0) is 11.3 Å². The Kier molecular flexibility index (Phi) is 3.28. The fourth-order valence-corrected chi connectivity index (χ4v) is 1.86. The smallest absolute Gasteiger partial charge is 0.125 e. The summed E-state index contributed by atoms with van der Waals surface area (Å²) in [4.78, 5) is 11.1. The van der Waals surface area contributed by atoms with Crippen LogP contribution in [0.3, 0.4) is 0 Å². The van der Waals surface area contributed by atoms with E-state index in [1.807, 2.05) is 13.8 Å². The zero-order valence-corrected chi connectivity index (χ0v) is 9.36. The minimum Gasteiger partial charge on any atom is -0.379 e. The Hall–Kier alpha value is -1.00. The van der Waals surface area contributed by atoms with Crippen molar-refractivity contribution < 1.29 is 4.74 Å². The molecule has 1 aromatic rings. The molecular formula is C11H17N3O. The summed E-state index contributed by atoms with van der Waals surface area (Å²) in [6.45, 7) is 8.54. The van der Waals surface area contributed by atoms with Crippen LogP contribution in [0.4, 0.5) is 0 Å². The van der Waals surface area contributed by atoms with Gasteiger partial charge in [-0.05, 0) is 19.9 Å². The van der Waals surface area contributed by atoms with E-state index in [1.54, 1.807) is 0 Å². The second-order valence-electron chi connectivity index (χ2n) is 3.94. The Morgan fingerprint density at radius 2 is 2.00 bits per heavy atom. The highest BCUT2D eigenvalue weighted by Crippen LogP contribution is 2.06. The maximum Gasteiger partial charge on any atom is 0.125 e. The first-order chi connectivity index (χ1) is 7.24. The minimum atomic E-state index is 0.836. The average Bonchev–Trinajstić information content (AvgIpc) is 2.17. The Balaban J connectivity index is 2.02. The minimum absolute atomic E-state index is 0.836. The van der Waals surface area contributed by atoms with E-state index in [0.29, 0.717) is 0 Å². The Bertz CT molecular complexity index is 314. The first-order valence-electron chi connectivity index (χ1n) is 5.35. The van der Waals surface area contributed by atoms with E-state index in [4.69, 9.17) is 4.74 Å². The van der Waals surface area contributed by atoms with Crippen LogP contribution in [-0.4, -0.2) is 41.2 Å². The van der Waals surface area contributed by atoms with Crippen molar-refractivity contribution in [1.82, 2.24) is 14.9 Å². The van der Waals surface area contributed by atoms with Crippen molar-refractivity contribution >= 4 is 0 Å². The van der Waals surface area contributed by atoms with Crippen LogP contribution in [0.1, 0.15) is 17.2 Å². The Morgan fingerprint density at radius 1 is 1.27 bits per heavy atom. The number of ether oxygens (including phenoxy) is 1. The molecule has 0 saturated carbocycles. The van der Waals surface area contributed by atoms with Crippen molar-refractivity contribution in [1.29, 1.82) is 0 Å². The number of aryl methyl sites for hydroxylation is 2. The monoisotopic (exact) mass is 207 g/mol. The molecule has 0 amide bonds. The van der Waals surface area contributed by atoms with Crippen molar-refractivity contribution in [3.8, 4) is 0 Å². The molecule has 0 unspecified atom stereocenters. The van der Waals surface area contributed by atoms with Crippen LogP contribution in [0, 0.1) is 13.8 Å². The molecule has 4 nitrogen and oxygen atoms in total. The lowest BCUT2D eigenvalue weighted by atomic mass is 10.3. The van der Waals surface area contributed by atoms with Crippen molar-refractivity contribution in [3.63, 3.8) is 0 Å². The Morgan fingerprint density at radius 3 is 2.67 bits per heavy atom. The van der Waals surface area contributed by atoms with Crippen LogP contribution >= 0.6 is 0 Å². The van der Waals surface area contributed by atoms with Crippen molar-refractivity contribution in [2.45, 2.75) is 20.4 Å². The lowest BCUT2D eigenvalue weighted by molar-refractivity contribution is 0.0336. The zero-order valence-electron chi connectivity index (χ0n) is 9.36. The van der Waals surface area contributed by atoms with E-state index in [1.165, 1.54) is 0 Å². The average molecular weight is 207 g/mol. The molecule has 82 valence electrons. The second-order valence-corrected chi connectivity index (χ2v) is 3.94. The molecule has 1 aliphatic heterocycles. The molecule has 1 fully saturated rings. The fourth-order valence-electron chi connectivity index (χ4n) is 1.86. The third kappa shape index (κ3) is 2.97. The van der Waals surface area contributed by atoms with Crippen LogP contribution < -0.4 is 0 Å². The molecule has 1 aliphatic rings. The summed E-state index contributed by atoms with van der Waals surface area (Å²) in [6, 6.07) is 2.06. The van der Waals surface area contributed by atoms with E-state index in [9.17, 15) is 0 Å². The lowest BCUT2D eigenvalue weighted by Gasteiger charge is -2.26. The van der Waals surface area contributed by atoms with Crippen LogP contribution in [0.5, 0.6) is 0 Å². The molecular weight excluding hydrogens is 190 g/mol. The molecule has 0 N–H and O–H groups in total. The Labute approximate surface area is 90.3 Å². The predicted molar refractivity (Wildman–Crippen MR) is 57.6 cm³/mol. The molecule has 0 aromatic carbocycles.